The van der Waals surface area contributed by atoms with Crippen LogP contribution in [0.3, 0.4) is 0 Å². The predicted octanol–water partition coefficient (Wildman–Crippen LogP) is 1.61. The summed E-state index contributed by atoms with van der Waals surface area (Å²) >= 11 is 0. The van der Waals surface area contributed by atoms with Crippen molar-refractivity contribution in [3.8, 4) is 0 Å². The van der Waals surface area contributed by atoms with Crippen LogP contribution in [0.2, 0.25) is 0 Å². The van der Waals surface area contributed by atoms with Gasteiger partial charge in [-0.25, -0.2) is 0 Å². The van der Waals surface area contributed by atoms with Gasteiger partial charge in [-0.3, -0.25) is 4.79 Å². The number of carbonyl (C=O) groups excluding carboxylic acids is 1. The Balaban J connectivity index is 3.41. The van der Waals surface area contributed by atoms with Crippen molar-refractivity contribution in [2.24, 2.45) is 0 Å². The van der Waals surface area contributed by atoms with E-state index in [4.69, 9.17) is 0 Å². The summed E-state index contributed by atoms with van der Waals surface area (Å²) in [5, 5.41) is 6.34. The predicted molar refractivity (Wildman–Crippen MR) is 77.8 cm³/mol. The molecule has 18 heavy (non-hydrogen) atoms. The number of unbranched alkanes of at least 4 members (excludes halogenated alkanes) is 2. The topological polar surface area (TPSA) is 44.4 Å². The van der Waals surface area contributed by atoms with Gasteiger partial charge in [0.15, 0.2) is 0 Å². The molecule has 2 N–H and O–H groups in total. The Labute approximate surface area is 113 Å². The van der Waals surface area contributed by atoms with E-state index in [1.807, 2.05) is 0 Å². The van der Waals surface area contributed by atoms with Crippen molar-refractivity contribution in [3.63, 3.8) is 0 Å². The second-order valence-electron chi connectivity index (χ2n) is 5.22. The number of hydrogen-bond acceptors (Lipinski definition) is 3. The molecule has 1 amide bonds. The SMILES string of the molecule is CCCCCNC(=O)CCN(C)CCNC(C)C. The van der Waals surface area contributed by atoms with Gasteiger partial charge in [0.2, 0.25) is 5.91 Å². The van der Waals surface area contributed by atoms with Crippen LogP contribution in [-0.2, 0) is 4.79 Å². The highest BCUT2D eigenvalue weighted by Gasteiger charge is 2.04. The molecular formula is C14H31N3O. The summed E-state index contributed by atoms with van der Waals surface area (Å²) in [6, 6.07) is 0.528. The monoisotopic (exact) mass is 257 g/mol. The average molecular weight is 257 g/mol. The maximum Gasteiger partial charge on any atom is 0.221 e. The Hall–Kier alpha value is -0.610. The summed E-state index contributed by atoms with van der Waals surface area (Å²) in [5.41, 5.74) is 0. The Morgan fingerprint density at radius 3 is 2.50 bits per heavy atom. The second kappa shape index (κ2) is 11.5. The first kappa shape index (κ1) is 17.4. The number of nitrogens with one attached hydrogen (secondary N) is 2. The van der Waals surface area contributed by atoms with E-state index in [9.17, 15) is 4.79 Å². The van der Waals surface area contributed by atoms with Crippen molar-refractivity contribution in [2.45, 2.75) is 52.5 Å². The van der Waals surface area contributed by atoms with Gasteiger partial charge in [0.1, 0.15) is 0 Å². The largest absolute Gasteiger partial charge is 0.356 e. The van der Waals surface area contributed by atoms with Crippen molar-refractivity contribution in [1.29, 1.82) is 0 Å². The summed E-state index contributed by atoms with van der Waals surface area (Å²) < 4.78 is 0. The van der Waals surface area contributed by atoms with Crippen molar-refractivity contribution < 1.29 is 4.79 Å². The maximum absolute atomic E-state index is 11.5. The molecule has 0 saturated heterocycles. The fraction of sp³-hybridized carbons (Fsp3) is 0.929. The van der Waals surface area contributed by atoms with Gasteiger partial charge in [-0.05, 0) is 13.5 Å². The molecular weight excluding hydrogens is 226 g/mol. The molecule has 0 aromatic carbocycles. The van der Waals surface area contributed by atoms with E-state index in [0.29, 0.717) is 12.5 Å². The first-order valence-corrected chi connectivity index (χ1v) is 7.24. The number of nitrogens with zero attached hydrogens (tertiary/aromatic N) is 1. The molecule has 0 heterocycles. The summed E-state index contributed by atoms with van der Waals surface area (Å²) in [4.78, 5) is 13.7. The first-order chi connectivity index (χ1) is 8.56. The number of likely N-dealkylation sites (N-methyl/N-ethyl adjacent to an activating group) is 1. The lowest BCUT2D eigenvalue weighted by molar-refractivity contribution is -0.121. The summed E-state index contributed by atoms with van der Waals surface area (Å²) in [7, 11) is 2.06. The van der Waals surface area contributed by atoms with Gasteiger partial charge in [-0.1, -0.05) is 33.6 Å². The smallest absolute Gasteiger partial charge is 0.221 e. The van der Waals surface area contributed by atoms with Crippen LogP contribution in [0.5, 0.6) is 0 Å². The van der Waals surface area contributed by atoms with Gasteiger partial charge in [0.25, 0.3) is 0 Å². The fourth-order valence-electron chi connectivity index (χ4n) is 1.64. The molecule has 0 spiro atoms. The lowest BCUT2D eigenvalue weighted by Crippen LogP contribution is -2.35. The molecule has 0 radical (unpaired) electrons. The van der Waals surface area contributed by atoms with E-state index < -0.39 is 0 Å². The van der Waals surface area contributed by atoms with Gasteiger partial charge < -0.3 is 15.5 Å². The molecule has 0 aliphatic carbocycles. The zero-order chi connectivity index (χ0) is 13.8. The molecule has 0 rings (SSSR count). The molecule has 0 unspecified atom stereocenters. The van der Waals surface area contributed by atoms with Crippen molar-refractivity contribution in [3.05, 3.63) is 0 Å². The molecule has 108 valence electrons. The second-order valence-corrected chi connectivity index (χ2v) is 5.22. The number of rotatable bonds is 11. The molecule has 0 aromatic heterocycles. The molecule has 0 aliphatic rings. The van der Waals surface area contributed by atoms with E-state index in [-0.39, 0.29) is 5.91 Å². The van der Waals surface area contributed by atoms with Crippen LogP contribution < -0.4 is 10.6 Å². The normalized spacial score (nSPS) is 11.2. The van der Waals surface area contributed by atoms with Crippen molar-refractivity contribution in [2.75, 3.05) is 33.2 Å². The highest BCUT2D eigenvalue weighted by molar-refractivity contribution is 5.75. The quantitative estimate of drug-likeness (QED) is 0.553. The Kier molecular flexibility index (Phi) is 11.1. The molecule has 0 aromatic rings. The standard InChI is InChI=1S/C14H31N3O/c1-5-6-7-9-16-14(18)8-11-17(4)12-10-15-13(2)3/h13,15H,5-12H2,1-4H3,(H,16,18). The van der Waals surface area contributed by atoms with Crippen LogP contribution in [0.15, 0.2) is 0 Å². The highest BCUT2D eigenvalue weighted by atomic mass is 16.1. The van der Waals surface area contributed by atoms with Gasteiger partial charge in [0.05, 0.1) is 0 Å². The maximum atomic E-state index is 11.5. The van der Waals surface area contributed by atoms with Crippen molar-refractivity contribution in [1.82, 2.24) is 15.5 Å². The fourth-order valence-corrected chi connectivity index (χ4v) is 1.64. The van der Waals surface area contributed by atoms with Crippen LogP contribution in [0.25, 0.3) is 0 Å². The van der Waals surface area contributed by atoms with Crippen LogP contribution in [0, 0.1) is 0 Å². The highest BCUT2D eigenvalue weighted by Crippen LogP contribution is 1.92. The Morgan fingerprint density at radius 1 is 1.17 bits per heavy atom. The van der Waals surface area contributed by atoms with Crippen LogP contribution >= 0.6 is 0 Å². The number of carbonyl (C=O) groups is 1. The molecule has 0 bridgehead atoms. The Morgan fingerprint density at radius 2 is 1.89 bits per heavy atom. The lowest BCUT2D eigenvalue weighted by atomic mass is 10.2. The van der Waals surface area contributed by atoms with E-state index in [2.05, 4.69) is 43.4 Å². The van der Waals surface area contributed by atoms with Crippen LogP contribution in [-0.4, -0.2) is 50.1 Å². The lowest BCUT2D eigenvalue weighted by Gasteiger charge is -2.17. The van der Waals surface area contributed by atoms with Gasteiger partial charge in [-0.15, -0.1) is 0 Å². The molecule has 0 saturated carbocycles. The summed E-state index contributed by atoms with van der Waals surface area (Å²) in [6.45, 7) is 10.1. The van der Waals surface area contributed by atoms with Gasteiger partial charge >= 0.3 is 0 Å². The Bertz CT molecular complexity index is 207. The molecule has 4 nitrogen and oxygen atoms in total. The van der Waals surface area contributed by atoms with Crippen LogP contribution in [0.1, 0.15) is 46.5 Å². The third-order valence-corrected chi connectivity index (χ3v) is 2.87. The molecule has 0 aliphatic heterocycles. The number of amides is 1. The van der Waals surface area contributed by atoms with E-state index >= 15 is 0 Å². The van der Waals surface area contributed by atoms with Gasteiger partial charge in [-0.2, -0.15) is 0 Å². The summed E-state index contributed by atoms with van der Waals surface area (Å²) in [5.74, 6) is 0.176. The minimum absolute atomic E-state index is 0.176. The van der Waals surface area contributed by atoms with E-state index in [1.54, 1.807) is 0 Å². The van der Waals surface area contributed by atoms with Crippen molar-refractivity contribution >= 4 is 5.91 Å². The third kappa shape index (κ3) is 11.9. The zero-order valence-corrected chi connectivity index (χ0v) is 12.6. The summed E-state index contributed by atoms with van der Waals surface area (Å²) in [6.07, 6.45) is 4.09. The van der Waals surface area contributed by atoms with E-state index in [0.717, 1.165) is 32.6 Å². The molecule has 0 atom stereocenters. The van der Waals surface area contributed by atoms with E-state index in [1.165, 1.54) is 12.8 Å². The average Bonchev–Trinajstić information content (AvgIpc) is 2.31. The number of hydrogen-bond donors (Lipinski definition) is 2. The van der Waals surface area contributed by atoms with Gasteiger partial charge in [0, 0.05) is 38.6 Å². The molecule has 4 heteroatoms. The third-order valence-electron chi connectivity index (χ3n) is 2.87. The minimum Gasteiger partial charge on any atom is -0.356 e. The zero-order valence-electron chi connectivity index (χ0n) is 12.6. The molecule has 0 fully saturated rings. The van der Waals surface area contributed by atoms with Crippen LogP contribution in [0.4, 0.5) is 0 Å². The first-order valence-electron chi connectivity index (χ1n) is 7.24. The minimum atomic E-state index is 0.176.